The van der Waals surface area contributed by atoms with Crippen LogP contribution in [0.2, 0.25) is 0 Å². The number of nitrogens with zero attached hydrogens (tertiary/aromatic N) is 2. The van der Waals surface area contributed by atoms with Crippen LogP contribution in [0, 0.1) is 0 Å². The topological polar surface area (TPSA) is 40.6 Å². The Morgan fingerprint density at radius 2 is 1.70 bits per heavy atom. The minimum Gasteiger partial charge on any atom is -0.383 e. The van der Waals surface area contributed by atoms with Crippen LogP contribution in [0.3, 0.4) is 0 Å². The summed E-state index contributed by atoms with van der Waals surface area (Å²) >= 11 is 0. The van der Waals surface area contributed by atoms with E-state index in [1.54, 1.807) is 40.3 Å². The van der Waals surface area contributed by atoms with Gasteiger partial charge in [0.1, 0.15) is 0 Å². The lowest BCUT2D eigenvalue weighted by molar-refractivity contribution is 0.0773. The molecule has 0 unspecified atom stereocenters. The molecule has 0 saturated carbocycles. The maximum Gasteiger partial charge on any atom is 0.253 e. The van der Waals surface area contributed by atoms with Crippen LogP contribution in [0.1, 0.15) is 34.6 Å². The first kappa shape index (κ1) is 16.0. The summed E-state index contributed by atoms with van der Waals surface area (Å²) in [6.07, 6.45) is 3.20. The average molecular weight is 274 g/mol. The third-order valence-corrected chi connectivity index (χ3v) is 2.97. The largest absolute Gasteiger partial charge is 0.383 e. The average Bonchev–Trinajstić information content (AvgIpc) is 2.46. The third-order valence-electron chi connectivity index (χ3n) is 2.97. The third kappa shape index (κ3) is 4.23. The predicted molar refractivity (Wildman–Crippen MR) is 80.9 cm³/mol. The van der Waals surface area contributed by atoms with Crippen molar-refractivity contribution in [1.82, 2.24) is 9.80 Å². The first-order chi connectivity index (χ1) is 9.49. The number of rotatable bonds is 6. The number of allylic oxidation sites excluding steroid dienone is 1. The molecule has 0 fully saturated rings. The summed E-state index contributed by atoms with van der Waals surface area (Å²) < 4.78 is 0. The number of ketones is 1. The molecule has 1 amide bonds. The molecule has 0 aromatic heterocycles. The Balaban J connectivity index is 2.96. The van der Waals surface area contributed by atoms with Gasteiger partial charge in [-0.25, -0.2) is 0 Å². The van der Waals surface area contributed by atoms with E-state index in [1.807, 2.05) is 27.9 Å². The molecule has 1 aromatic carbocycles. The maximum atomic E-state index is 12.2. The zero-order chi connectivity index (χ0) is 15.1. The zero-order valence-electron chi connectivity index (χ0n) is 12.6. The minimum absolute atomic E-state index is 0.0405. The number of hydrogen-bond donors (Lipinski definition) is 0. The smallest absolute Gasteiger partial charge is 0.253 e. The van der Waals surface area contributed by atoms with E-state index < -0.39 is 0 Å². The van der Waals surface area contributed by atoms with E-state index in [9.17, 15) is 9.59 Å². The summed E-state index contributed by atoms with van der Waals surface area (Å²) in [6.45, 7) is 5.20. The van der Waals surface area contributed by atoms with Gasteiger partial charge in [0.15, 0.2) is 5.78 Å². The van der Waals surface area contributed by atoms with Crippen LogP contribution in [0.5, 0.6) is 0 Å². The number of hydrogen-bond acceptors (Lipinski definition) is 3. The molecule has 0 aliphatic heterocycles. The molecular weight excluding hydrogens is 252 g/mol. The van der Waals surface area contributed by atoms with Crippen molar-refractivity contribution in [3.8, 4) is 0 Å². The molecule has 4 nitrogen and oxygen atoms in total. The second-order valence-corrected chi connectivity index (χ2v) is 4.70. The molecule has 0 saturated heterocycles. The second-order valence-electron chi connectivity index (χ2n) is 4.70. The molecule has 4 heteroatoms. The van der Waals surface area contributed by atoms with Gasteiger partial charge in [0.2, 0.25) is 0 Å². The van der Waals surface area contributed by atoms with Crippen molar-refractivity contribution in [1.29, 1.82) is 0 Å². The van der Waals surface area contributed by atoms with Crippen molar-refractivity contribution < 1.29 is 9.59 Å². The summed E-state index contributed by atoms with van der Waals surface area (Å²) in [7, 11) is 3.70. The molecule has 0 bridgehead atoms. The highest BCUT2D eigenvalue weighted by Crippen LogP contribution is 2.10. The fourth-order valence-corrected chi connectivity index (χ4v) is 1.81. The Bertz CT molecular complexity index is 503. The summed E-state index contributed by atoms with van der Waals surface area (Å²) in [5.74, 6) is -0.144. The van der Waals surface area contributed by atoms with Crippen LogP contribution < -0.4 is 0 Å². The number of carbonyl (C=O) groups is 2. The van der Waals surface area contributed by atoms with Crippen LogP contribution in [0.15, 0.2) is 36.5 Å². The monoisotopic (exact) mass is 274 g/mol. The van der Waals surface area contributed by atoms with Gasteiger partial charge in [0.25, 0.3) is 5.91 Å². The van der Waals surface area contributed by atoms with E-state index in [4.69, 9.17) is 0 Å². The molecule has 0 radical (unpaired) electrons. The predicted octanol–water partition coefficient (Wildman–Crippen LogP) is 2.43. The quantitative estimate of drug-likeness (QED) is 0.591. The molecule has 0 N–H and O–H groups in total. The molecule has 0 aliphatic rings. The van der Waals surface area contributed by atoms with Crippen LogP contribution in [-0.4, -0.2) is 48.7 Å². The van der Waals surface area contributed by atoms with Gasteiger partial charge in [0, 0.05) is 50.6 Å². The van der Waals surface area contributed by atoms with Gasteiger partial charge in [0.05, 0.1) is 0 Å². The first-order valence-corrected chi connectivity index (χ1v) is 6.77. The molecule has 20 heavy (non-hydrogen) atoms. The van der Waals surface area contributed by atoms with Crippen molar-refractivity contribution in [3.05, 3.63) is 47.7 Å². The first-order valence-electron chi connectivity index (χ1n) is 6.77. The van der Waals surface area contributed by atoms with Crippen molar-refractivity contribution in [2.45, 2.75) is 13.8 Å². The zero-order valence-corrected chi connectivity index (χ0v) is 12.6. The highest BCUT2D eigenvalue weighted by molar-refractivity contribution is 6.06. The summed E-state index contributed by atoms with van der Waals surface area (Å²) in [4.78, 5) is 27.8. The fraction of sp³-hybridized carbons (Fsp3) is 0.375. The van der Waals surface area contributed by atoms with Gasteiger partial charge in [-0.2, -0.15) is 0 Å². The van der Waals surface area contributed by atoms with E-state index in [0.29, 0.717) is 24.2 Å². The van der Waals surface area contributed by atoms with Gasteiger partial charge < -0.3 is 9.80 Å². The van der Waals surface area contributed by atoms with Crippen LogP contribution in [-0.2, 0) is 0 Å². The van der Waals surface area contributed by atoms with Gasteiger partial charge in [-0.3, -0.25) is 9.59 Å². The van der Waals surface area contributed by atoms with E-state index in [2.05, 4.69) is 0 Å². The highest BCUT2D eigenvalue weighted by Gasteiger charge is 2.13. The Hall–Kier alpha value is -2.10. The van der Waals surface area contributed by atoms with Gasteiger partial charge in [-0.1, -0.05) is 12.1 Å². The lowest BCUT2D eigenvalue weighted by Gasteiger charge is -2.18. The molecule has 1 aromatic rings. The lowest BCUT2D eigenvalue weighted by Crippen LogP contribution is -2.30. The van der Waals surface area contributed by atoms with E-state index in [-0.39, 0.29) is 11.7 Å². The van der Waals surface area contributed by atoms with Crippen LogP contribution in [0.4, 0.5) is 0 Å². The van der Waals surface area contributed by atoms with Gasteiger partial charge >= 0.3 is 0 Å². The number of benzene rings is 1. The molecule has 1 rings (SSSR count). The highest BCUT2D eigenvalue weighted by atomic mass is 16.2. The van der Waals surface area contributed by atoms with Gasteiger partial charge in [-0.05, 0) is 26.0 Å². The van der Waals surface area contributed by atoms with Crippen molar-refractivity contribution in [2.75, 3.05) is 27.2 Å². The molecule has 0 heterocycles. The van der Waals surface area contributed by atoms with Crippen molar-refractivity contribution in [3.63, 3.8) is 0 Å². The Morgan fingerprint density at radius 3 is 2.25 bits per heavy atom. The Labute approximate surface area is 120 Å². The SMILES string of the molecule is CCN(CC)C(=O)c1cccc(C(=O)C=CN(C)C)c1. The summed E-state index contributed by atoms with van der Waals surface area (Å²) in [6, 6.07) is 6.87. The van der Waals surface area contributed by atoms with Crippen LogP contribution >= 0.6 is 0 Å². The molecule has 108 valence electrons. The van der Waals surface area contributed by atoms with Crippen molar-refractivity contribution >= 4 is 11.7 Å². The Morgan fingerprint density at radius 1 is 1.10 bits per heavy atom. The van der Waals surface area contributed by atoms with Crippen molar-refractivity contribution in [2.24, 2.45) is 0 Å². The number of amides is 1. The minimum atomic E-state index is -0.104. The number of carbonyl (C=O) groups excluding carboxylic acids is 2. The maximum absolute atomic E-state index is 12.2. The fourth-order valence-electron chi connectivity index (χ4n) is 1.81. The molecule has 0 spiro atoms. The van der Waals surface area contributed by atoms with E-state index in [0.717, 1.165) is 0 Å². The summed E-state index contributed by atoms with van der Waals surface area (Å²) in [5.41, 5.74) is 1.08. The molecule has 0 atom stereocenters. The Kier molecular flexibility index (Phi) is 5.97. The van der Waals surface area contributed by atoms with E-state index >= 15 is 0 Å². The van der Waals surface area contributed by atoms with Crippen LogP contribution in [0.25, 0.3) is 0 Å². The molecular formula is C16H22N2O2. The second kappa shape index (κ2) is 7.48. The molecule has 0 aliphatic carbocycles. The normalized spacial score (nSPS) is 10.6. The standard InChI is InChI=1S/C16H22N2O2/c1-5-18(6-2)16(20)14-9-7-8-13(12-14)15(19)10-11-17(3)4/h7-12H,5-6H2,1-4H3. The van der Waals surface area contributed by atoms with Gasteiger partial charge in [-0.15, -0.1) is 0 Å². The lowest BCUT2D eigenvalue weighted by atomic mass is 10.1. The van der Waals surface area contributed by atoms with E-state index in [1.165, 1.54) is 6.08 Å². The summed E-state index contributed by atoms with van der Waals surface area (Å²) in [5, 5.41) is 0.